The molecule has 664 valence electrons. The summed E-state index contributed by atoms with van der Waals surface area (Å²) in [7, 11) is 0. The molecule has 12 heterocycles. The van der Waals surface area contributed by atoms with Crippen LogP contribution in [0.15, 0.2) is 242 Å². The topological polar surface area (TPSA) is 261 Å². The predicted octanol–water partition coefficient (Wildman–Crippen LogP) is 22.7. The molecule has 22 nitrogen and oxygen atoms in total. The summed E-state index contributed by atoms with van der Waals surface area (Å²) in [6, 6.07) is 68.0. The standard InChI is InChI=1S/C28H29N5O.C27H26N4OS.C26H24N4O2S.C26H24N4OS/c1-18(2)23-7-5-6-8-24(23)27-29-16-22-15-26(34)32(28(22)31-27)17-20-9-11-21(12-10-20)25-13-14-30-33(25)19(3)4;1-16(2)22-7-5-6-8-23(22)26-28-14-21-13-24(32)31(27(21)30-26)15-19-9-11-20(12-10-19)25-17(3)33-18(4)29-25;1-16(2)20-5-3-4-6-21(20)25-27-12-19-11-23(32)30(26(19)29-25)13-17-7-9-18(10-8-17)24-22(14-31)33-15-28-24;1-16(2)21-6-4-5-7-22(21)25-27-13-20-12-23(31)30(26(20)29-25)14-18-8-10-19(11-9-18)24-17(3)32-15-28-24/h5-14,16,18-19H,15,17H2,1-4H3;5-12,14,16H,13,15H2,1-4H3;3-10,12,15-16,31H,11,13-14H2,1-2H3;4-11,13,15-16H,12,14H2,1-3H3. The molecule has 25 heteroatoms. The largest absolute Gasteiger partial charge is 0.391 e. The van der Waals surface area contributed by atoms with Gasteiger partial charge in [-0.15, -0.1) is 34.0 Å². The highest BCUT2D eigenvalue weighted by molar-refractivity contribution is 7.12. The Morgan fingerprint density at radius 2 is 0.652 bits per heavy atom. The number of amides is 4. The molecular formula is C107H103N17O5S3. The van der Waals surface area contributed by atoms with Gasteiger partial charge in [-0.1, -0.05) is 250 Å². The van der Waals surface area contributed by atoms with Gasteiger partial charge in [0.1, 0.15) is 23.3 Å². The van der Waals surface area contributed by atoms with Gasteiger partial charge in [-0.05, 0) is 114 Å². The summed E-state index contributed by atoms with van der Waals surface area (Å²) < 4.78 is 2.02. The van der Waals surface area contributed by atoms with Crippen molar-refractivity contribution in [2.45, 2.75) is 178 Å². The number of nitrogens with zero attached hydrogens (tertiary/aromatic N) is 17. The van der Waals surface area contributed by atoms with E-state index < -0.39 is 0 Å². The number of anilines is 4. The minimum atomic E-state index is -0.0250. The summed E-state index contributed by atoms with van der Waals surface area (Å²) in [5.41, 5.74) is 28.4. The van der Waals surface area contributed by atoms with E-state index in [1.54, 1.807) is 60.2 Å². The third kappa shape index (κ3) is 19.3. The lowest BCUT2D eigenvalue weighted by Crippen LogP contribution is -2.26. The van der Waals surface area contributed by atoms with Crippen molar-refractivity contribution in [1.82, 2.24) is 64.6 Å². The van der Waals surface area contributed by atoms with Crippen LogP contribution in [0.1, 0.15) is 185 Å². The first-order valence-electron chi connectivity index (χ1n) is 44.7. The second-order valence-corrected chi connectivity index (χ2v) is 38.4. The molecule has 4 amide bonds. The quantitative estimate of drug-likeness (QED) is 0.0661. The van der Waals surface area contributed by atoms with Crippen molar-refractivity contribution in [2.75, 3.05) is 19.6 Å². The third-order valence-corrected chi connectivity index (χ3v) is 26.6. The first-order chi connectivity index (χ1) is 63.9. The number of carbonyl (C=O) groups is 4. The van der Waals surface area contributed by atoms with E-state index >= 15 is 0 Å². The Hall–Kier alpha value is -14.0. The molecule has 0 bridgehead atoms. The average molecular weight is 1800 g/mol. The van der Waals surface area contributed by atoms with Crippen LogP contribution in [-0.4, -0.2) is 93.3 Å². The van der Waals surface area contributed by atoms with Crippen LogP contribution in [-0.2, 0) is 77.6 Å². The average Bonchev–Trinajstić information content (AvgIpc) is 1.65. The molecule has 4 aliphatic heterocycles. The van der Waals surface area contributed by atoms with Crippen LogP contribution >= 0.6 is 34.0 Å². The number of rotatable bonds is 22. The lowest BCUT2D eigenvalue weighted by Gasteiger charge is -2.18. The van der Waals surface area contributed by atoms with Crippen LogP contribution < -0.4 is 19.6 Å². The van der Waals surface area contributed by atoms with Gasteiger partial charge in [0.05, 0.1) is 102 Å². The lowest BCUT2D eigenvalue weighted by atomic mass is 9.97. The number of benzene rings is 8. The number of hydrogen-bond acceptors (Lipinski definition) is 20. The van der Waals surface area contributed by atoms with E-state index in [2.05, 4.69) is 238 Å². The molecule has 20 rings (SSSR count). The highest BCUT2D eigenvalue weighted by Crippen LogP contribution is 2.41. The fourth-order valence-electron chi connectivity index (χ4n) is 17.3. The van der Waals surface area contributed by atoms with Crippen molar-refractivity contribution >= 4 is 80.9 Å². The Kier molecular flexibility index (Phi) is 26.8. The predicted molar refractivity (Wildman–Crippen MR) is 527 cm³/mol. The Morgan fingerprint density at radius 3 is 0.955 bits per heavy atom. The zero-order valence-electron chi connectivity index (χ0n) is 76.3. The molecule has 0 radical (unpaired) electrons. The van der Waals surface area contributed by atoms with Gasteiger partial charge in [-0.2, -0.15) is 5.10 Å². The van der Waals surface area contributed by atoms with Crippen LogP contribution in [0.25, 0.3) is 90.6 Å². The number of aliphatic hydroxyl groups excluding tert-OH is 1. The van der Waals surface area contributed by atoms with Crippen LogP contribution in [0.4, 0.5) is 23.3 Å². The van der Waals surface area contributed by atoms with Crippen LogP contribution in [0, 0.1) is 20.8 Å². The van der Waals surface area contributed by atoms with Gasteiger partial charge in [-0.25, -0.2) is 54.8 Å². The van der Waals surface area contributed by atoms with Crippen LogP contribution in [0.3, 0.4) is 0 Å². The Balaban J connectivity index is 0.000000123. The summed E-state index contributed by atoms with van der Waals surface area (Å²) in [5.74, 6) is 7.13. The maximum atomic E-state index is 12.9. The number of aliphatic hydroxyl groups is 1. The molecule has 0 aliphatic carbocycles. The van der Waals surface area contributed by atoms with Crippen molar-refractivity contribution < 1.29 is 24.3 Å². The van der Waals surface area contributed by atoms with E-state index in [1.165, 1.54) is 43.3 Å². The van der Waals surface area contributed by atoms with Crippen molar-refractivity contribution in [3.05, 3.63) is 329 Å². The molecule has 132 heavy (non-hydrogen) atoms. The Bertz CT molecular complexity index is 6940. The zero-order valence-corrected chi connectivity index (χ0v) is 78.7. The fourth-order valence-corrected chi connectivity index (χ4v) is 19.4. The number of aromatic nitrogens is 13. The third-order valence-electron chi connectivity index (χ3n) is 24.1. The molecule has 0 atom stereocenters. The highest BCUT2D eigenvalue weighted by Gasteiger charge is 2.36. The monoisotopic (exact) mass is 1800 g/mol. The summed E-state index contributed by atoms with van der Waals surface area (Å²) in [6.07, 6.45) is 10.4. The van der Waals surface area contributed by atoms with Gasteiger partial charge in [0.2, 0.25) is 23.6 Å². The number of fused-ring (bicyclic) bond motifs is 4. The van der Waals surface area contributed by atoms with Gasteiger partial charge in [0.25, 0.3) is 0 Å². The summed E-state index contributed by atoms with van der Waals surface area (Å²) in [4.78, 5) is 113. The molecule has 0 unspecified atom stereocenters. The molecule has 8 aromatic carbocycles. The minimum Gasteiger partial charge on any atom is -0.391 e. The SMILES string of the molecule is CC(C)c1ccccc1-c1ncc2c(n1)N(Cc1ccc(-c3ccnn3C(C)C)cc1)C(=O)C2.CC(C)c1ccccc1-c1ncc2c(n1)N(Cc1ccc(-c3ncsc3CO)cc1)C(=O)C2.Cc1nc(-c2ccc(CN3C(=O)Cc4cnc(-c5ccccc5C(C)C)nc43)cc2)c(C)s1.Cc1scnc1-c1ccc(CN2C(=O)Cc3cnc(-c4ccccc4C(C)C)nc32)cc1. The van der Waals surface area contributed by atoms with Crippen molar-refractivity contribution in [3.8, 4) is 90.6 Å². The minimum absolute atomic E-state index is 0.0250. The molecular weight excluding hydrogens is 1700 g/mol. The van der Waals surface area contributed by atoms with Crippen LogP contribution in [0.2, 0.25) is 0 Å². The number of hydrogen-bond donors (Lipinski definition) is 1. The number of thiazole rings is 3. The van der Waals surface area contributed by atoms with Gasteiger partial charge in [-0.3, -0.25) is 43.5 Å². The zero-order chi connectivity index (χ0) is 92.1. The fraction of sp³-hybridized carbons (Fsp3) is 0.252. The smallest absolute Gasteiger partial charge is 0.233 e. The van der Waals surface area contributed by atoms with Gasteiger partial charge in [0.15, 0.2) is 23.3 Å². The molecule has 1 N–H and O–H groups in total. The van der Waals surface area contributed by atoms with Gasteiger partial charge in [0, 0.05) is 108 Å². The maximum Gasteiger partial charge on any atom is 0.233 e. The molecule has 0 saturated heterocycles. The Labute approximate surface area is 781 Å². The second-order valence-electron chi connectivity index (χ2n) is 35.0. The van der Waals surface area contributed by atoms with E-state index in [-0.39, 0.29) is 36.3 Å². The Morgan fingerprint density at radius 1 is 0.341 bits per heavy atom. The van der Waals surface area contributed by atoms with E-state index in [9.17, 15) is 24.3 Å². The molecule has 0 saturated carbocycles. The second kappa shape index (κ2) is 39.4. The normalized spacial score (nSPS) is 13.1. The van der Waals surface area contributed by atoms with Gasteiger partial charge < -0.3 is 5.11 Å². The number of carbonyl (C=O) groups excluding carboxylic acids is 4. The summed E-state index contributed by atoms with van der Waals surface area (Å²) in [6.45, 7) is 29.6. The van der Waals surface area contributed by atoms with E-state index in [0.29, 0.717) is 105 Å². The number of aryl methyl sites for hydroxylation is 3. The summed E-state index contributed by atoms with van der Waals surface area (Å²) in [5, 5.41) is 15.0. The molecule has 0 fully saturated rings. The lowest BCUT2D eigenvalue weighted by molar-refractivity contribution is -0.118. The van der Waals surface area contributed by atoms with Crippen molar-refractivity contribution in [2.24, 2.45) is 0 Å². The molecule has 0 spiro atoms. The summed E-state index contributed by atoms with van der Waals surface area (Å²) >= 11 is 4.80. The van der Waals surface area contributed by atoms with E-state index in [4.69, 9.17) is 19.9 Å². The molecule has 8 aromatic heterocycles. The van der Waals surface area contributed by atoms with E-state index in [1.807, 2.05) is 121 Å². The highest BCUT2D eigenvalue weighted by atomic mass is 32.1. The first kappa shape index (κ1) is 90.0. The maximum absolute atomic E-state index is 12.9. The van der Waals surface area contributed by atoms with Crippen molar-refractivity contribution in [3.63, 3.8) is 0 Å². The van der Waals surface area contributed by atoms with Crippen LogP contribution in [0.5, 0.6) is 0 Å². The molecule has 4 aliphatic rings. The van der Waals surface area contributed by atoms with Crippen molar-refractivity contribution in [1.29, 1.82) is 0 Å². The molecule has 16 aromatic rings. The van der Waals surface area contributed by atoms with E-state index in [0.717, 1.165) is 139 Å². The van der Waals surface area contributed by atoms with Gasteiger partial charge >= 0.3 is 0 Å². The first-order valence-corrected chi connectivity index (χ1v) is 47.3.